The summed E-state index contributed by atoms with van der Waals surface area (Å²) in [4.78, 5) is 43.6. The van der Waals surface area contributed by atoms with Crippen LogP contribution in [0.1, 0.15) is 16.7 Å². The molecule has 0 radical (unpaired) electrons. The van der Waals surface area contributed by atoms with Crippen LogP contribution < -0.4 is 16.6 Å². The average Bonchev–Trinajstić information content (AvgIpc) is 2.65. The highest BCUT2D eigenvalue weighted by molar-refractivity contribution is 8.00. The molecule has 0 spiro atoms. The summed E-state index contributed by atoms with van der Waals surface area (Å²) in [7, 11) is 0. The summed E-state index contributed by atoms with van der Waals surface area (Å²) in [6, 6.07) is 7.74. The van der Waals surface area contributed by atoms with Gasteiger partial charge in [0, 0.05) is 11.6 Å². The number of amides is 1. The van der Waals surface area contributed by atoms with Crippen molar-refractivity contribution in [2.45, 2.75) is 18.9 Å². The molecule has 136 valence electrons. The Bertz CT molecular complexity index is 1210. The lowest BCUT2D eigenvalue weighted by Crippen LogP contribution is -2.27. The highest BCUT2D eigenvalue weighted by Crippen LogP contribution is 2.27. The molecule has 2 aromatic heterocycles. The van der Waals surface area contributed by atoms with Crippen LogP contribution in [-0.2, 0) is 4.79 Å². The van der Waals surface area contributed by atoms with Gasteiger partial charge in [0.2, 0.25) is 5.91 Å². The number of carbonyl (C=O) groups is 1. The van der Waals surface area contributed by atoms with Crippen LogP contribution in [0.2, 0.25) is 0 Å². The molecule has 9 heteroatoms. The Kier molecular flexibility index (Phi) is 5.09. The predicted molar refractivity (Wildman–Crippen MR) is 103 cm³/mol. The molecular formula is C18H15N5O3S. The Morgan fingerprint density at radius 3 is 2.81 bits per heavy atom. The summed E-state index contributed by atoms with van der Waals surface area (Å²) in [5, 5.41) is 13.1. The van der Waals surface area contributed by atoms with Crippen molar-refractivity contribution in [1.29, 1.82) is 5.26 Å². The fraction of sp³-hybridized carbons (Fsp3) is 0.167. The largest absolute Gasteiger partial charge is 0.325 e. The smallest absolute Gasteiger partial charge is 0.320 e. The van der Waals surface area contributed by atoms with Crippen LogP contribution in [0.4, 0.5) is 5.69 Å². The molecule has 0 saturated heterocycles. The van der Waals surface area contributed by atoms with Crippen LogP contribution in [0.5, 0.6) is 0 Å². The van der Waals surface area contributed by atoms with Gasteiger partial charge in [-0.1, -0.05) is 23.9 Å². The summed E-state index contributed by atoms with van der Waals surface area (Å²) in [5.41, 5.74) is 1.87. The minimum absolute atomic E-state index is 0.0450. The number of pyridine rings is 1. The molecule has 0 aliphatic carbocycles. The number of nitrogens with zero attached hydrogens (tertiary/aromatic N) is 2. The maximum absolute atomic E-state index is 12.1. The first kappa shape index (κ1) is 18.4. The lowest BCUT2D eigenvalue weighted by Gasteiger charge is -2.09. The number of aryl methyl sites for hydroxylation is 2. The highest BCUT2D eigenvalue weighted by Gasteiger charge is 2.13. The second-order valence-electron chi connectivity index (χ2n) is 5.85. The number of carbonyl (C=O) groups excluding carboxylic acids is 1. The lowest BCUT2D eigenvalue weighted by molar-refractivity contribution is -0.113. The third kappa shape index (κ3) is 3.91. The van der Waals surface area contributed by atoms with Crippen molar-refractivity contribution in [3.63, 3.8) is 0 Å². The van der Waals surface area contributed by atoms with Gasteiger partial charge in [-0.2, -0.15) is 5.26 Å². The van der Waals surface area contributed by atoms with Gasteiger partial charge in [0.25, 0.3) is 5.56 Å². The zero-order chi connectivity index (χ0) is 19.6. The molecule has 27 heavy (non-hydrogen) atoms. The van der Waals surface area contributed by atoms with E-state index in [1.165, 1.54) is 0 Å². The Balaban J connectivity index is 1.82. The van der Waals surface area contributed by atoms with Crippen LogP contribution in [0, 0.1) is 25.2 Å². The number of hydrogen-bond donors (Lipinski definition) is 3. The molecule has 0 fully saturated rings. The Labute approximate surface area is 157 Å². The van der Waals surface area contributed by atoms with E-state index in [1.54, 1.807) is 6.07 Å². The molecule has 0 bridgehead atoms. The summed E-state index contributed by atoms with van der Waals surface area (Å²) in [6.45, 7) is 3.94. The zero-order valence-corrected chi connectivity index (χ0v) is 15.4. The maximum atomic E-state index is 12.1. The number of aromatic nitrogens is 3. The van der Waals surface area contributed by atoms with Crippen molar-refractivity contribution < 1.29 is 4.79 Å². The van der Waals surface area contributed by atoms with E-state index in [0.717, 1.165) is 40.0 Å². The molecule has 8 nitrogen and oxygen atoms in total. The van der Waals surface area contributed by atoms with Gasteiger partial charge in [0.05, 0.1) is 16.8 Å². The van der Waals surface area contributed by atoms with Crippen molar-refractivity contribution in [2.24, 2.45) is 0 Å². The number of nitrogens with one attached hydrogen (secondary N) is 3. The van der Waals surface area contributed by atoms with E-state index < -0.39 is 17.2 Å². The van der Waals surface area contributed by atoms with E-state index in [0.29, 0.717) is 10.6 Å². The van der Waals surface area contributed by atoms with Crippen LogP contribution in [0.3, 0.4) is 0 Å². The summed E-state index contributed by atoms with van der Waals surface area (Å²) < 4.78 is 0. The van der Waals surface area contributed by atoms with Gasteiger partial charge in [-0.05, 0) is 31.0 Å². The first-order valence-electron chi connectivity index (χ1n) is 7.94. The van der Waals surface area contributed by atoms with Gasteiger partial charge >= 0.3 is 5.69 Å². The highest BCUT2D eigenvalue weighted by atomic mass is 32.2. The van der Waals surface area contributed by atoms with Crippen molar-refractivity contribution in [3.8, 4) is 6.07 Å². The standard InChI is InChI=1S/C18H15N5O3S/c1-9-3-4-11-5-12(6-19)17(22-15(11)10(9)2)27-8-14(24)21-13-7-20-18(26)23-16(13)25/h3-5,7H,8H2,1-2H3,(H,21,24)(H2,20,23,25,26). The third-order valence-electron chi connectivity index (χ3n) is 4.03. The topological polar surface area (TPSA) is 132 Å². The number of hydrogen-bond acceptors (Lipinski definition) is 6. The van der Waals surface area contributed by atoms with E-state index >= 15 is 0 Å². The molecule has 0 aliphatic heterocycles. The van der Waals surface area contributed by atoms with E-state index in [9.17, 15) is 19.6 Å². The molecule has 3 aromatic rings. The Morgan fingerprint density at radius 2 is 2.11 bits per heavy atom. The normalized spacial score (nSPS) is 10.6. The zero-order valence-electron chi connectivity index (χ0n) is 14.5. The van der Waals surface area contributed by atoms with E-state index in [-0.39, 0.29) is 11.4 Å². The quantitative estimate of drug-likeness (QED) is 0.591. The van der Waals surface area contributed by atoms with Gasteiger partial charge in [-0.25, -0.2) is 9.78 Å². The summed E-state index contributed by atoms with van der Waals surface area (Å²) >= 11 is 1.11. The number of aromatic amines is 2. The Morgan fingerprint density at radius 1 is 1.33 bits per heavy atom. The van der Waals surface area contributed by atoms with Crippen molar-refractivity contribution in [2.75, 3.05) is 11.1 Å². The van der Waals surface area contributed by atoms with Crippen LogP contribution in [-0.4, -0.2) is 26.6 Å². The van der Waals surface area contributed by atoms with Crippen molar-refractivity contribution >= 4 is 34.3 Å². The lowest BCUT2D eigenvalue weighted by atomic mass is 10.0. The van der Waals surface area contributed by atoms with Crippen LogP contribution in [0.25, 0.3) is 10.9 Å². The molecule has 0 saturated carbocycles. The number of benzene rings is 1. The number of thioether (sulfide) groups is 1. The van der Waals surface area contributed by atoms with E-state index in [4.69, 9.17) is 0 Å². The minimum atomic E-state index is -0.690. The van der Waals surface area contributed by atoms with Gasteiger partial charge in [0.1, 0.15) is 16.8 Å². The maximum Gasteiger partial charge on any atom is 0.325 e. The molecule has 2 heterocycles. The summed E-state index contributed by atoms with van der Waals surface area (Å²) in [5.74, 6) is -0.499. The first-order valence-corrected chi connectivity index (χ1v) is 8.93. The fourth-order valence-corrected chi connectivity index (χ4v) is 3.23. The SMILES string of the molecule is Cc1ccc2cc(C#N)c(SCC(=O)Nc3c[nH]c(=O)[nH]c3=O)nc2c1C. The van der Waals surface area contributed by atoms with Gasteiger partial charge in [0.15, 0.2) is 0 Å². The minimum Gasteiger partial charge on any atom is -0.320 e. The van der Waals surface area contributed by atoms with Crippen LogP contribution in [0.15, 0.2) is 39.0 Å². The first-order chi connectivity index (χ1) is 12.9. The predicted octanol–water partition coefficient (Wildman–Crippen LogP) is 1.83. The molecule has 1 amide bonds. The molecule has 3 N–H and O–H groups in total. The number of anilines is 1. The van der Waals surface area contributed by atoms with Gasteiger partial charge in [-0.3, -0.25) is 14.6 Å². The van der Waals surface area contributed by atoms with E-state index in [1.807, 2.05) is 31.0 Å². The number of H-pyrrole nitrogens is 2. The molecule has 0 unspecified atom stereocenters. The van der Waals surface area contributed by atoms with Gasteiger partial charge in [-0.15, -0.1) is 0 Å². The second kappa shape index (κ2) is 7.47. The molecule has 0 aliphatic rings. The summed E-state index contributed by atoms with van der Waals surface area (Å²) in [6.07, 6.45) is 1.13. The monoisotopic (exact) mass is 381 g/mol. The average molecular weight is 381 g/mol. The van der Waals surface area contributed by atoms with Crippen molar-refractivity contribution in [1.82, 2.24) is 15.0 Å². The second-order valence-corrected chi connectivity index (χ2v) is 6.82. The number of rotatable bonds is 4. The molecule has 3 rings (SSSR count). The molecule has 0 atom stereocenters. The molecule has 1 aromatic carbocycles. The molecular weight excluding hydrogens is 366 g/mol. The van der Waals surface area contributed by atoms with Crippen molar-refractivity contribution in [3.05, 3.63) is 61.9 Å². The third-order valence-corrected chi connectivity index (χ3v) is 5.02. The number of nitriles is 1. The van der Waals surface area contributed by atoms with E-state index in [2.05, 4.69) is 21.4 Å². The fourth-order valence-electron chi connectivity index (χ4n) is 2.48. The van der Waals surface area contributed by atoms with Gasteiger partial charge < -0.3 is 10.3 Å². The number of fused-ring (bicyclic) bond motifs is 1. The van der Waals surface area contributed by atoms with Crippen LogP contribution >= 0.6 is 11.8 Å². The Hall–Kier alpha value is -3.38.